The number of hydrogen-bond donors (Lipinski definition) is 0. The van der Waals surface area contributed by atoms with E-state index < -0.39 is 30.5 Å². The number of amides is 3. The van der Waals surface area contributed by atoms with Crippen LogP contribution >= 0.6 is 0 Å². The van der Waals surface area contributed by atoms with E-state index in [1.807, 2.05) is 44.2 Å². The molecule has 0 bridgehead atoms. The van der Waals surface area contributed by atoms with Crippen LogP contribution < -0.4 is 4.90 Å². The van der Waals surface area contributed by atoms with Gasteiger partial charge in [0.2, 0.25) is 11.8 Å². The summed E-state index contributed by atoms with van der Waals surface area (Å²) >= 11 is 0. The second-order valence-electron chi connectivity index (χ2n) is 7.68. The summed E-state index contributed by atoms with van der Waals surface area (Å²) in [5.74, 6) is -2.62. The van der Waals surface area contributed by atoms with Crippen LogP contribution in [0.25, 0.3) is 0 Å². The van der Waals surface area contributed by atoms with Gasteiger partial charge in [-0.05, 0) is 45.7 Å². The zero-order valence-electron chi connectivity index (χ0n) is 16.9. The van der Waals surface area contributed by atoms with Crippen LogP contribution in [0.4, 0.5) is 5.69 Å². The molecule has 0 aromatic heterocycles. The number of benzene rings is 1. The summed E-state index contributed by atoms with van der Waals surface area (Å²) in [5, 5.41) is 0. The maximum atomic E-state index is 12.7. The van der Waals surface area contributed by atoms with Crippen LogP contribution in [0.1, 0.15) is 33.6 Å². The summed E-state index contributed by atoms with van der Waals surface area (Å²) in [6, 6.07) is 7.93. The fourth-order valence-corrected chi connectivity index (χ4v) is 3.95. The van der Waals surface area contributed by atoms with E-state index in [1.165, 1.54) is 6.92 Å². The first-order valence-corrected chi connectivity index (χ1v) is 9.88. The number of imide groups is 1. The van der Waals surface area contributed by atoms with Crippen LogP contribution in [-0.2, 0) is 23.9 Å². The lowest BCUT2D eigenvalue weighted by Gasteiger charge is -2.27. The van der Waals surface area contributed by atoms with E-state index in [9.17, 15) is 19.2 Å². The molecule has 1 fully saturated rings. The lowest BCUT2D eigenvalue weighted by atomic mass is 9.85. The Morgan fingerprint density at radius 2 is 1.59 bits per heavy atom. The van der Waals surface area contributed by atoms with Gasteiger partial charge in [0.1, 0.15) is 6.04 Å². The molecule has 1 heterocycles. The highest BCUT2D eigenvalue weighted by molar-refractivity contribution is 6.08. The Morgan fingerprint density at radius 3 is 2.10 bits per heavy atom. The van der Waals surface area contributed by atoms with Crippen LogP contribution in [0, 0.1) is 11.8 Å². The molecule has 3 amide bonds. The minimum absolute atomic E-state index is 0.126. The van der Waals surface area contributed by atoms with E-state index in [2.05, 4.69) is 0 Å². The Labute approximate surface area is 170 Å². The number of ether oxygens (including phenoxy) is 1. The number of esters is 1. The topological polar surface area (TPSA) is 84.0 Å². The first-order chi connectivity index (χ1) is 13.8. The van der Waals surface area contributed by atoms with Gasteiger partial charge in [-0.15, -0.1) is 0 Å². The number of allylic oxidation sites excluding steroid dienone is 2. The molecule has 1 aliphatic heterocycles. The molecular weight excluding hydrogens is 372 g/mol. The van der Waals surface area contributed by atoms with Crippen molar-refractivity contribution in [1.82, 2.24) is 4.90 Å². The Hall–Kier alpha value is -2.96. The van der Waals surface area contributed by atoms with Gasteiger partial charge >= 0.3 is 5.97 Å². The standard InChI is InChI=1S/C22H26N2O5/c1-14(2)23(16-9-5-4-6-10-16)19(25)13-29-22(28)15(3)24-20(26)17-11-7-8-12-18(17)21(24)27/h4-10,14-15,17-18H,11-13H2,1-3H3/t15-,17+,18+/m0/s1. The van der Waals surface area contributed by atoms with Crippen LogP contribution in [-0.4, -0.2) is 47.3 Å². The number of carbonyl (C=O) groups is 4. The quantitative estimate of drug-likeness (QED) is 0.417. The third-order valence-corrected chi connectivity index (χ3v) is 5.43. The first kappa shape index (κ1) is 20.8. The third kappa shape index (κ3) is 4.09. The number of likely N-dealkylation sites (tertiary alicyclic amines) is 1. The summed E-state index contributed by atoms with van der Waals surface area (Å²) < 4.78 is 5.19. The smallest absolute Gasteiger partial charge is 0.329 e. The maximum absolute atomic E-state index is 12.7. The minimum Gasteiger partial charge on any atom is -0.454 e. The predicted octanol–water partition coefficient (Wildman–Crippen LogP) is 2.31. The predicted molar refractivity (Wildman–Crippen MR) is 107 cm³/mol. The average molecular weight is 398 g/mol. The molecule has 29 heavy (non-hydrogen) atoms. The van der Waals surface area contributed by atoms with Gasteiger partial charge in [-0.1, -0.05) is 30.4 Å². The molecule has 154 valence electrons. The highest BCUT2D eigenvalue weighted by atomic mass is 16.5. The zero-order chi connectivity index (χ0) is 21.1. The van der Waals surface area contributed by atoms with Crippen molar-refractivity contribution < 1.29 is 23.9 Å². The monoisotopic (exact) mass is 398 g/mol. The van der Waals surface area contributed by atoms with Gasteiger partial charge in [-0.2, -0.15) is 0 Å². The number of rotatable bonds is 6. The molecule has 0 saturated carbocycles. The largest absolute Gasteiger partial charge is 0.454 e. The van der Waals surface area contributed by atoms with E-state index >= 15 is 0 Å². The number of carbonyl (C=O) groups excluding carboxylic acids is 4. The van der Waals surface area contributed by atoms with Crippen molar-refractivity contribution in [2.45, 2.75) is 45.7 Å². The molecular formula is C22H26N2O5. The molecule has 0 unspecified atom stereocenters. The summed E-state index contributed by atoms with van der Waals surface area (Å²) in [6.07, 6.45) is 4.79. The van der Waals surface area contributed by atoms with Crippen molar-refractivity contribution in [2.75, 3.05) is 11.5 Å². The number of nitrogens with zero attached hydrogens (tertiary/aromatic N) is 2. The lowest BCUT2D eigenvalue weighted by Crippen LogP contribution is -2.46. The van der Waals surface area contributed by atoms with Crippen molar-refractivity contribution in [1.29, 1.82) is 0 Å². The second-order valence-corrected chi connectivity index (χ2v) is 7.68. The minimum atomic E-state index is -1.06. The molecule has 1 aromatic rings. The molecule has 0 N–H and O–H groups in total. The van der Waals surface area contributed by atoms with Gasteiger partial charge in [0.15, 0.2) is 6.61 Å². The van der Waals surface area contributed by atoms with Crippen LogP contribution in [0.15, 0.2) is 42.5 Å². The van der Waals surface area contributed by atoms with Crippen molar-refractivity contribution in [3.05, 3.63) is 42.5 Å². The van der Waals surface area contributed by atoms with E-state index in [1.54, 1.807) is 17.0 Å². The Bertz CT molecular complexity index is 807. The molecule has 1 aliphatic carbocycles. The van der Waals surface area contributed by atoms with Crippen molar-refractivity contribution in [3.8, 4) is 0 Å². The molecule has 0 spiro atoms. The van der Waals surface area contributed by atoms with Gasteiger partial charge < -0.3 is 9.64 Å². The Balaban J connectivity index is 1.63. The molecule has 7 nitrogen and oxygen atoms in total. The maximum Gasteiger partial charge on any atom is 0.329 e. The Morgan fingerprint density at radius 1 is 1.03 bits per heavy atom. The molecule has 3 atom stereocenters. The molecule has 7 heteroatoms. The summed E-state index contributed by atoms with van der Waals surface area (Å²) in [6.45, 7) is 4.74. The highest BCUT2D eigenvalue weighted by Gasteiger charge is 2.50. The van der Waals surface area contributed by atoms with Gasteiger partial charge in [-0.3, -0.25) is 19.3 Å². The fraction of sp³-hybridized carbons (Fsp3) is 0.455. The summed E-state index contributed by atoms with van der Waals surface area (Å²) in [5.41, 5.74) is 0.707. The first-order valence-electron chi connectivity index (χ1n) is 9.88. The average Bonchev–Trinajstić information content (AvgIpc) is 2.97. The number of fused-ring (bicyclic) bond motifs is 1. The van der Waals surface area contributed by atoms with Gasteiger partial charge in [-0.25, -0.2) is 4.79 Å². The van der Waals surface area contributed by atoms with Gasteiger partial charge in [0.05, 0.1) is 11.8 Å². The van der Waals surface area contributed by atoms with Gasteiger partial charge in [0.25, 0.3) is 5.91 Å². The van der Waals surface area contributed by atoms with Crippen molar-refractivity contribution in [3.63, 3.8) is 0 Å². The number of anilines is 1. The van der Waals surface area contributed by atoms with Gasteiger partial charge in [0, 0.05) is 11.7 Å². The third-order valence-electron chi connectivity index (χ3n) is 5.43. The van der Waals surface area contributed by atoms with Crippen LogP contribution in [0.3, 0.4) is 0 Å². The normalized spacial score (nSPS) is 21.9. The lowest BCUT2D eigenvalue weighted by molar-refractivity contribution is -0.159. The molecule has 0 radical (unpaired) electrons. The van der Waals surface area contributed by atoms with Crippen LogP contribution in [0.5, 0.6) is 0 Å². The summed E-state index contributed by atoms with van der Waals surface area (Å²) in [7, 11) is 0. The van der Waals surface area contributed by atoms with E-state index in [0.29, 0.717) is 18.5 Å². The van der Waals surface area contributed by atoms with E-state index in [4.69, 9.17) is 4.74 Å². The zero-order valence-corrected chi connectivity index (χ0v) is 16.9. The number of hydrogen-bond acceptors (Lipinski definition) is 5. The fourth-order valence-electron chi connectivity index (χ4n) is 3.95. The van der Waals surface area contributed by atoms with Crippen LogP contribution in [0.2, 0.25) is 0 Å². The van der Waals surface area contributed by atoms with E-state index in [0.717, 1.165) is 4.90 Å². The molecule has 3 rings (SSSR count). The Kier molecular flexibility index (Phi) is 6.15. The second kappa shape index (κ2) is 8.59. The molecule has 1 saturated heterocycles. The van der Waals surface area contributed by atoms with E-state index in [-0.39, 0.29) is 23.8 Å². The highest BCUT2D eigenvalue weighted by Crippen LogP contribution is 2.36. The van der Waals surface area contributed by atoms with Crippen molar-refractivity contribution >= 4 is 29.4 Å². The number of para-hydroxylation sites is 1. The molecule has 1 aromatic carbocycles. The summed E-state index contributed by atoms with van der Waals surface area (Å²) in [4.78, 5) is 52.9. The SMILES string of the molecule is CC(C)N(C(=O)COC(=O)[C@H](C)N1C(=O)[C@@H]2CC=CC[C@H]2C1=O)c1ccccc1. The molecule has 2 aliphatic rings. The van der Waals surface area contributed by atoms with Crippen molar-refractivity contribution in [2.24, 2.45) is 11.8 Å².